The zero-order chi connectivity index (χ0) is 12.2. The molecule has 0 amide bonds. The van der Waals surface area contributed by atoms with Crippen LogP contribution in [0.25, 0.3) is 0 Å². The molecule has 92 valence electrons. The van der Waals surface area contributed by atoms with Crippen LogP contribution in [-0.2, 0) is 14.8 Å². The maximum absolute atomic E-state index is 11.8. The van der Waals surface area contributed by atoms with E-state index in [0.717, 1.165) is 0 Å². The number of hydrogen-bond donors (Lipinski definition) is 1. The lowest BCUT2D eigenvalue weighted by Gasteiger charge is -2.36. The van der Waals surface area contributed by atoms with Crippen LogP contribution in [0.1, 0.15) is 12.8 Å². The summed E-state index contributed by atoms with van der Waals surface area (Å²) in [7, 11) is -1.88. The molecule has 0 radical (unpaired) electrons. The van der Waals surface area contributed by atoms with E-state index in [1.807, 2.05) is 0 Å². The number of rotatable bonds is 4. The van der Waals surface area contributed by atoms with Gasteiger partial charge in [0.2, 0.25) is 10.0 Å². The summed E-state index contributed by atoms with van der Waals surface area (Å²) in [4.78, 5) is 0. The van der Waals surface area contributed by atoms with Crippen LogP contribution in [0.4, 0.5) is 0 Å². The van der Waals surface area contributed by atoms with Crippen molar-refractivity contribution in [3.63, 3.8) is 0 Å². The Hall–Kier alpha value is -0.680. The molecule has 0 bridgehead atoms. The Kier molecular flexibility index (Phi) is 4.68. The highest BCUT2D eigenvalue weighted by molar-refractivity contribution is 7.89. The molecule has 1 aliphatic rings. The Morgan fingerprint density at radius 2 is 2.31 bits per heavy atom. The van der Waals surface area contributed by atoms with Crippen LogP contribution in [0.2, 0.25) is 0 Å². The highest BCUT2D eigenvalue weighted by Gasteiger charge is 2.34. The Morgan fingerprint density at radius 3 is 2.81 bits per heavy atom. The molecular formula is C9H17N3O3S. The van der Waals surface area contributed by atoms with Gasteiger partial charge in [0.25, 0.3) is 0 Å². The van der Waals surface area contributed by atoms with Gasteiger partial charge in [0, 0.05) is 26.2 Å². The van der Waals surface area contributed by atoms with Crippen LogP contribution in [0, 0.1) is 11.3 Å². The van der Waals surface area contributed by atoms with E-state index in [9.17, 15) is 8.42 Å². The third-order valence-electron chi connectivity index (χ3n) is 2.82. The van der Waals surface area contributed by atoms with Crippen molar-refractivity contribution in [2.24, 2.45) is 5.73 Å². The largest absolute Gasteiger partial charge is 0.381 e. The van der Waals surface area contributed by atoms with Crippen molar-refractivity contribution in [3.05, 3.63) is 0 Å². The minimum absolute atomic E-state index is 0.0575. The summed E-state index contributed by atoms with van der Waals surface area (Å²) in [5.41, 5.74) is 5.56. The van der Waals surface area contributed by atoms with E-state index in [1.54, 1.807) is 13.2 Å². The summed E-state index contributed by atoms with van der Waals surface area (Å²) < 4.78 is 30.1. The molecule has 0 aliphatic carbocycles. The number of hydrogen-bond acceptors (Lipinski definition) is 5. The molecular weight excluding hydrogens is 230 g/mol. The van der Waals surface area contributed by atoms with Gasteiger partial charge in [-0.3, -0.25) is 0 Å². The van der Waals surface area contributed by atoms with E-state index in [-0.39, 0.29) is 18.7 Å². The molecule has 0 aromatic heterocycles. The quantitative estimate of drug-likeness (QED) is 0.707. The molecule has 0 aromatic carbocycles. The van der Waals surface area contributed by atoms with Gasteiger partial charge < -0.3 is 10.5 Å². The Bertz CT molecular complexity index is 363. The minimum Gasteiger partial charge on any atom is -0.381 e. The number of nitrogens with zero attached hydrogens (tertiary/aromatic N) is 2. The summed E-state index contributed by atoms with van der Waals surface area (Å²) >= 11 is 0. The number of piperidine rings is 1. The van der Waals surface area contributed by atoms with Crippen molar-refractivity contribution >= 4 is 10.0 Å². The van der Waals surface area contributed by atoms with E-state index in [4.69, 9.17) is 15.7 Å². The maximum atomic E-state index is 11.8. The second-order valence-electron chi connectivity index (χ2n) is 3.80. The van der Waals surface area contributed by atoms with Gasteiger partial charge in [0.15, 0.2) is 5.75 Å². The topological polar surface area (TPSA) is 96.4 Å². The van der Waals surface area contributed by atoms with Crippen molar-refractivity contribution in [1.82, 2.24) is 4.31 Å². The SMILES string of the molecule is COC1CCN(S(=O)(=O)CC#N)C(CN)C1. The fourth-order valence-corrected chi connectivity index (χ4v) is 3.29. The summed E-state index contributed by atoms with van der Waals surface area (Å²) in [5.74, 6) is -0.485. The summed E-state index contributed by atoms with van der Waals surface area (Å²) in [6, 6.07) is 1.42. The van der Waals surface area contributed by atoms with E-state index < -0.39 is 15.8 Å². The average molecular weight is 247 g/mol. The van der Waals surface area contributed by atoms with Gasteiger partial charge in [-0.1, -0.05) is 0 Å². The third kappa shape index (κ3) is 2.92. The number of nitriles is 1. The first-order valence-electron chi connectivity index (χ1n) is 5.14. The number of nitrogens with two attached hydrogens (primary N) is 1. The molecule has 7 heteroatoms. The first-order chi connectivity index (χ1) is 7.55. The third-order valence-corrected chi connectivity index (χ3v) is 4.51. The van der Waals surface area contributed by atoms with E-state index in [0.29, 0.717) is 19.4 Å². The second-order valence-corrected chi connectivity index (χ2v) is 5.72. The van der Waals surface area contributed by atoms with Gasteiger partial charge in [-0.05, 0) is 12.8 Å². The Morgan fingerprint density at radius 1 is 1.62 bits per heavy atom. The summed E-state index contributed by atoms with van der Waals surface area (Å²) in [5, 5.41) is 8.48. The Labute approximate surface area is 96.0 Å². The molecule has 1 aliphatic heterocycles. The van der Waals surface area contributed by atoms with Crippen molar-refractivity contribution in [3.8, 4) is 6.07 Å². The molecule has 1 fully saturated rings. The molecule has 0 saturated carbocycles. The number of sulfonamides is 1. The fraction of sp³-hybridized carbons (Fsp3) is 0.889. The molecule has 16 heavy (non-hydrogen) atoms. The highest BCUT2D eigenvalue weighted by atomic mass is 32.2. The van der Waals surface area contributed by atoms with Crippen molar-refractivity contribution in [1.29, 1.82) is 5.26 Å². The molecule has 0 aromatic rings. The van der Waals surface area contributed by atoms with Crippen molar-refractivity contribution in [2.45, 2.75) is 25.0 Å². The van der Waals surface area contributed by atoms with Crippen LogP contribution < -0.4 is 5.73 Å². The fourth-order valence-electron chi connectivity index (χ4n) is 1.95. The van der Waals surface area contributed by atoms with Gasteiger partial charge >= 0.3 is 0 Å². The maximum Gasteiger partial charge on any atom is 0.227 e. The molecule has 2 unspecified atom stereocenters. The van der Waals surface area contributed by atoms with Crippen LogP contribution in [0.15, 0.2) is 0 Å². The van der Waals surface area contributed by atoms with Crippen LogP contribution in [0.5, 0.6) is 0 Å². The first kappa shape index (κ1) is 13.4. The predicted molar refractivity (Wildman–Crippen MR) is 59.0 cm³/mol. The summed E-state index contributed by atoms with van der Waals surface area (Å²) in [6.45, 7) is 0.634. The average Bonchev–Trinajstić information content (AvgIpc) is 2.28. The standard InChI is InChI=1S/C9H17N3O3S/c1-15-9-2-4-12(8(6-9)7-11)16(13,14)5-3-10/h8-9H,2,4-7,11H2,1H3. The smallest absolute Gasteiger partial charge is 0.227 e. The molecule has 1 heterocycles. The van der Waals surface area contributed by atoms with Gasteiger partial charge in [-0.25, -0.2) is 8.42 Å². The first-order valence-corrected chi connectivity index (χ1v) is 6.75. The predicted octanol–water partition coefficient (Wildman–Crippen LogP) is -0.722. The van der Waals surface area contributed by atoms with E-state index in [1.165, 1.54) is 4.31 Å². The van der Waals surface area contributed by atoms with Crippen molar-refractivity contribution in [2.75, 3.05) is 26.0 Å². The molecule has 6 nitrogen and oxygen atoms in total. The zero-order valence-corrected chi connectivity index (χ0v) is 10.1. The van der Waals surface area contributed by atoms with Gasteiger partial charge in [0.1, 0.15) is 0 Å². The van der Waals surface area contributed by atoms with Crippen molar-refractivity contribution < 1.29 is 13.2 Å². The highest BCUT2D eigenvalue weighted by Crippen LogP contribution is 2.22. The zero-order valence-electron chi connectivity index (χ0n) is 9.30. The molecule has 1 rings (SSSR count). The van der Waals surface area contributed by atoms with Gasteiger partial charge in [0.05, 0.1) is 12.2 Å². The minimum atomic E-state index is -3.49. The summed E-state index contributed by atoms with van der Waals surface area (Å²) in [6.07, 6.45) is 1.30. The monoisotopic (exact) mass is 247 g/mol. The molecule has 0 spiro atoms. The number of ether oxygens (including phenoxy) is 1. The molecule has 2 N–H and O–H groups in total. The van der Waals surface area contributed by atoms with E-state index in [2.05, 4.69) is 0 Å². The molecule has 1 saturated heterocycles. The normalized spacial score (nSPS) is 27.6. The lowest BCUT2D eigenvalue weighted by atomic mass is 10.0. The van der Waals surface area contributed by atoms with Crippen LogP contribution in [0.3, 0.4) is 0 Å². The Balaban J connectivity index is 2.78. The van der Waals surface area contributed by atoms with Crippen LogP contribution >= 0.6 is 0 Å². The van der Waals surface area contributed by atoms with Crippen LogP contribution in [-0.4, -0.2) is 50.8 Å². The van der Waals surface area contributed by atoms with E-state index >= 15 is 0 Å². The second kappa shape index (κ2) is 5.59. The van der Waals surface area contributed by atoms with Gasteiger partial charge in [-0.15, -0.1) is 0 Å². The molecule has 2 atom stereocenters. The number of methoxy groups -OCH3 is 1. The lowest BCUT2D eigenvalue weighted by molar-refractivity contribution is 0.0403. The lowest BCUT2D eigenvalue weighted by Crippen LogP contribution is -2.51. The van der Waals surface area contributed by atoms with Gasteiger partial charge in [-0.2, -0.15) is 9.57 Å².